The first-order valence-corrected chi connectivity index (χ1v) is 6.70. The summed E-state index contributed by atoms with van der Waals surface area (Å²) in [6.07, 6.45) is 2.24. The zero-order chi connectivity index (χ0) is 13.0. The molecule has 1 saturated heterocycles. The van der Waals surface area contributed by atoms with Crippen LogP contribution in [0.1, 0.15) is 32.5 Å². The summed E-state index contributed by atoms with van der Waals surface area (Å²) in [6, 6.07) is 0.285. The van der Waals surface area contributed by atoms with Crippen LogP contribution >= 0.6 is 0 Å². The van der Waals surface area contributed by atoms with Crippen LogP contribution in [0.5, 0.6) is 0 Å². The SMILES string of the molecule is CCOCc1nc(N2CCC(C(C)N)CC2)n[nH]1. The van der Waals surface area contributed by atoms with E-state index in [1.165, 1.54) is 0 Å². The number of piperidine rings is 1. The highest BCUT2D eigenvalue weighted by atomic mass is 16.5. The van der Waals surface area contributed by atoms with Gasteiger partial charge in [0.1, 0.15) is 6.61 Å². The Kier molecular flexibility index (Phi) is 4.54. The summed E-state index contributed by atoms with van der Waals surface area (Å²) in [5.41, 5.74) is 5.94. The topological polar surface area (TPSA) is 80.1 Å². The highest BCUT2D eigenvalue weighted by Gasteiger charge is 2.23. The zero-order valence-corrected chi connectivity index (χ0v) is 11.2. The number of nitrogens with one attached hydrogen (secondary N) is 1. The van der Waals surface area contributed by atoms with E-state index >= 15 is 0 Å². The summed E-state index contributed by atoms with van der Waals surface area (Å²) in [4.78, 5) is 6.66. The van der Waals surface area contributed by atoms with Crippen LogP contribution in [0.15, 0.2) is 0 Å². The maximum Gasteiger partial charge on any atom is 0.244 e. The van der Waals surface area contributed by atoms with Crippen molar-refractivity contribution in [2.45, 2.75) is 39.3 Å². The summed E-state index contributed by atoms with van der Waals surface area (Å²) >= 11 is 0. The minimum Gasteiger partial charge on any atom is -0.374 e. The molecule has 0 aromatic carbocycles. The maximum atomic E-state index is 5.94. The molecular weight excluding hydrogens is 230 g/mol. The normalized spacial score (nSPS) is 19.2. The van der Waals surface area contributed by atoms with Gasteiger partial charge in [-0.3, -0.25) is 5.10 Å². The maximum absolute atomic E-state index is 5.94. The van der Waals surface area contributed by atoms with Gasteiger partial charge in [0.15, 0.2) is 5.82 Å². The molecule has 2 heterocycles. The second-order valence-electron chi connectivity index (χ2n) is 4.90. The van der Waals surface area contributed by atoms with E-state index in [0.29, 0.717) is 19.1 Å². The Morgan fingerprint density at radius 2 is 2.22 bits per heavy atom. The molecule has 0 amide bonds. The van der Waals surface area contributed by atoms with Crippen molar-refractivity contribution in [1.82, 2.24) is 15.2 Å². The average molecular weight is 253 g/mol. The smallest absolute Gasteiger partial charge is 0.244 e. The Hall–Kier alpha value is -1.14. The van der Waals surface area contributed by atoms with E-state index in [2.05, 4.69) is 27.0 Å². The van der Waals surface area contributed by atoms with Gasteiger partial charge in [-0.05, 0) is 32.6 Å². The molecule has 0 spiro atoms. The monoisotopic (exact) mass is 253 g/mol. The lowest BCUT2D eigenvalue weighted by Crippen LogP contribution is -2.40. The van der Waals surface area contributed by atoms with Crippen molar-refractivity contribution >= 4 is 5.95 Å². The lowest BCUT2D eigenvalue weighted by Gasteiger charge is -2.32. The molecule has 3 N–H and O–H groups in total. The predicted molar refractivity (Wildman–Crippen MR) is 70.3 cm³/mol. The van der Waals surface area contributed by atoms with Crippen LogP contribution in [-0.4, -0.2) is 40.9 Å². The molecule has 18 heavy (non-hydrogen) atoms. The molecule has 1 aliphatic heterocycles. The molecule has 1 unspecified atom stereocenters. The average Bonchev–Trinajstić information content (AvgIpc) is 2.85. The molecule has 1 aliphatic rings. The molecule has 0 bridgehead atoms. The number of nitrogens with two attached hydrogens (primary N) is 1. The molecule has 0 saturated carbocycles. The summed E-state index contributed by atoms with van der Waals surface area (Å²) in [5.74, 6) is 2.21. The van der Waals surface area contributed by atoms with E-state index in [-0.39, 0.29) is 6.04 Å². The van der Waals surface area contributed by atoms with Gasteiger partial charge in [0.25, 0.3) is 0 Å². The van der Waals surface area contributed by atoms with Crippen LogP contribution < -0.4 is 10.6 Å². The minimum atomic E-state index is 0.285. The van der Waals surface area contributed by atoms with E-state index < -0.39 is 0 Å². The molecule has 6 nitrogen and oxygen atoms in total. The van der Waals surface area contributed by atoms with E-state index in [1.807, 2.05) is 6.92 Å². The van der Waals surface area contributed by atoms with E-state index in [0.717, 1.165) is 37.7 Å². The quantitative estimate of drug-likeness (QED) is 0.815. The van der Waals surface area contributed by atoms with Gasteiger partial charge in [0.05, 0.1) is 0 Å². The van der Waals surface area contributed by atoms with Gasteiger partial charge >= 0.3 is 0 Å². The summed E-state index contributed by atoms with van der Waals surface area (Å²) in [6.45, 7) is 7.22. The Labute approximate surface area is 108 Å². The molecule has 102 valence electrons. The molecule has 1 fully saturated rings. The van der Waals surface area contributed by atoms with Crippen molar-refractivity contribution in [3.05, 3.63) is 5.82 Å². The highest BCUT2D eigenvalue weighted by Crippen LogP contribution is 2.22. The van der Waals surface area contributed by atoms with Crippen LogP contribution in [0.4, 0.5) is 5.95 Å². The second-order valence-corrected chi connectivity index (χ2v) is 4.90. The number of rotatable bonds is 5. The van der Waals surface area contributed by atoms with Crippen molar-refractivity contribution in [3.8, 4) is 0 Å². The van der Waals surface area contributed by atoms with Crippen LogP contribution in [0.3, 0.4) is 0 Å². The standard InChI is InChI=1S/C12H23N5O/c1-3-18-8-11-14-12(16-15-11)17-6-4-10(5-7-17)9(2)13/h9-10H,3-8,13H2,1-2H3,(H,14,15,16). The van der Waals surface area contributed by atoms with Gasteiger partial charge in [0.2, 0.25) is 5.95 Å². The first kappa shape index (κ1) is 13.3. The van der Waals surface area contributed by atoms with Gasteiger partial charge in [-0.2, -0.15) is 4.98 Å². The number of aromatic amines is 1. The van der Waals surface area contributed by atoms with Gasteiger partial charge in [-0.25, -0.2) is 0 Å². The Morgan fingerprint density at radius 3 is 2.83 bits per heavy atom. The van der Waals surface area contributed by atoms with Gasteiger partial charge in [-0.15, -0.1) is 5.10 Å². The Morgan fingerprint density at radius 1 is 1.50 bits per heavy atom. The van der Waals surface area contributed by atoms with Crippen molar-refractivity contribution in [1.29, 1.82) is 0 Å². The number of aromatic nitrogens is 3. The minimum absolute atomic E-state index is 0.285. The Bertz CT molecular complexity index is 357. The number of H-pyrrole nitrogens is 1. The van der Waals surface area contributed by atoms with E-state index in [4.69, 9.17) is 10.5 Å². The molecule has 1 aromatic rings. The van der Waals surface area contributed by atoms with Crippen LogP contribution in [0.25, 0.3) is 0 Å². The molecule has 1 atom stereocenters. The number of hydrogen-bond donors (Lipinski definition) is 2. The van der Waals surface area contributed by atoms with Crippen molar-refractivity contribution in [2.24, 2.45) is 11.7 Å². The first-order chi connectivity index (χ1) is 8.70. The fraction of sp³-hybridized carbons (Fsp3) is 0.833. The first-order valence-electron chi connectivity index (χ1n) is 6.70. The van der Waals surface area contributed by atoms with Gasteiger partial charge in [-0.1, -0.05) is 0 Å². The van der Waals surface area contributed by atoms with Crippen molar-refractivity contribution in [2.75, 3.05) is 24.6 Å². The largest absolute Gasteiger partial charge is 0.374 e. The number of ether oxygens (including phenoxy) is 1. The third-order valence-electron chi connectivity index (χ3n) is 3.53. The molecule has 6 heteroatoms. The number of nitrogens with zero attached hydrogens (tertiary/aromatic N) is 3. The third kappa shape index (κ3) is 3.20. The lowest BCUT2D eigenvalue weighted by atomic mass is 9.91. The predicted octanol–water partition coefficient (Wildman–Crippen LogP) is 0.905. The summed E-state index contributed by atoms with van der Waals surface area (Å²) < 4.78 is 5.30. The molecule has 0 radical (unpaired) electrons. The van der Waals surface area contributed by atoms with Crippen molar-refractivity contribution < 1.29 is 4.74 Å². The molecule has 1 aromatic heterocycles. The van der Waals surface area contributed by atoms with E-state index in [9.17, 15) is 0 Å². The molecular formula is C12H23N5O. The van der Waals surface area contributed by atoms with Gasteiger partial charge < -0.3 is 15.4 Å². The third-order valence-corrected chi connectivity index (χ3v) is 3.53. The summed E-state index contributed by atoms with van der Waals surface area (Å²) in [5, 5.41) is 7.16. The van der Waals surface area contributed by atoms with Crippen LogP contribution in [0.2, 0.25) is 0 Å². The van der Waals surface area contributed by atoms with Crippen LogP contribution in [0, 0.1) is 5.92 Å². The fourth-order valence-electron chi connectivity index (χ4n) is 2.32. The van der Waals surface area contributed by atoms with Crippen LogP contribution in [-0.2, 0) is 11.3 Å². The van der Waals surface area contributed by atoms with Crippen molar-refractivity contribution in [3.63, 3.8) is 0 Å². The molecule has 0 aliphatic carbocycles. The zero-order valence-electron chi connectivity index (χ0n) is 11.2. The number of anilines is 1. The second kappa shape index (κ2) is 6.15. The lowest BCUT2D eigenvalue weighted by molar-refractivity contribution is 0.128. The number of hydrogen-bond acceptors (Lipinski definition) is 5. The Balaban J connectivity index is 1.87. The summed E-state index contributed by atoms with van der Waals surface area (Å²) in [7, 11) is 0. The molecule has 2 rings (SSSR count). The van der Waals surface area contributed by atoms with Gasteiger partial charge in [0, 0.05) is 25.7 Å². The van der Waals surface area contributed by atoms with E-state index in [1.54, 1.807) is 0 Å². The highest BCUT2D eigenvalue weighted by molar-refractivity contribution is 5.29. The fourth-order valence-corrected chi connectivity index (χ4v) is 2.32.